The van der Waals surface area contributed by atoms with E-state index < -0.39 is 10.0 Å². The average molecular weight is 367 g/mol. The number of hydrogen-bond donors (Lipinski definition) is 1. The van der Waals surface area contributed by atoms with E-state index in [4.69, 9.17) is 27.9 Å². The number of piperidine rings is 1. The van der Waals surface area contributed by atoms with Crippen LogP contribution in [0.25, 0.3) is 0 Å². The largest absolute Gasteiger partial charge is 0.495 e. The van der Waals surface area contributed by atoms with E-state index in [1.165, 1.54) is 23.5 Å². The van der Waals surface area contributed by atoms with Crippen LogP contribution in [0.5, 0.6) is 5.75 Å². The molecule has 124 valence electrons. The fraction of sp³-hybridized carbons (Fsp3) is 0.571. The van der Waals surface area contributed by atoms with E-state index in [0.717, 1.165) is 19.4 Å². The summed E-state index contributed by atoms with van der Waals surface area (Å²) in [7, 11) is -0.276. The second-order valence-corrected chi connectivity index (χ2v) is 8.04. The molecule has 1 aromatic carbocycles. The number of ether oxygens (including phenoxy) is 1. The fourth-order valence-corrected chi connectivity index (χ4v) is 4.94. The number of halogens is 2. The minimum Gasteiger partial charge on any atom is -0.495 e. The molecule has 0 saturated carbocycles. The van der Waals surface area contributed by atoms with E-state index in [-0.39, 0.29) is 14.9 Å². The molecule has 1 fully saturated rings. The molecule has 0 spiro atoms. The zero-order valence-corrected chi connectivity index (χ0v) is 14.9. The molecule has 0 atom stereocenters. The van der Waals surface area contributed by atoms with Crippen LogP contribution in [-0.2, 0) is 10.0 Å². The highest BCUT2D eigenvalue weighted by atomic mass is 35.5. The number of nitrogens with zero attached hydrogens (tertiary/aromatic N) is 1. The highest BCUT2D eigenvalue weighted by Crippen LogP contribution is 2.35. The highest BCUT2D eigenvalue weighted by molar-refractivity contribution is 7.89. The van der Waals surface area contributed by atoms with Crippen molar-refractivity contribution >= 4 is 33.2 Å². The number of nitrogens with one attached hydrogen (secondary N) is 1. The third-order valence-corrected chi connectivity index (χ3v) is 6.55. The predicted molar refractivity (Wildman–Crippen MR) is 88.4 cm³/mol. The standard InChI is InChI=1S/C14H20Cl2N2O3S/c1-17-9-10-3-5-18(6-4-10)22(19,20)14-8-11(15)13(21-2)7-12(14)16/h7-8,10,17H,3-6,9H2,1-2H3. The number of rotatable bonds is 5. The molecule has 0 amide bonds. The smallest absolute Gasteiger partial charge is 0.244 e. The van der Waals surface area contributed by atoms with Crippen molar-refractivity contribution in [3.05, 3.63) is 22.2 Å². The molecule has 1 saturated heterocycles. The van der Waals surface area contributed by atoms with Gasteiger partial charge in [-0.1, -0.05) is 23.2 Å². The van der Waals surface area contributed by atoms with Gasteiger partial charge in [0.2, 0.25) is 10.0 Å². The van der Waals surface area contributed by atoms with E-state index in [9.17, 15) is 8.42 Å². The molecule has 0 unspecified atom stereocenters. The van der Waals surface area contributed by atoms with Crippen molar-refractivity contribution in [1.29, 1.82) is 0 Å². The summed E-state index contributed by atoms with van der Waals surface area (Å²) >= 11 is 12.1. The molecule has 0 radical (unpaired) electrons. The van der Waals surface area contributed by atoms with Gasteiger partial charge in [0.05, 0.1) is 17.2 Å². The third-order valence-electron chi connectivity index (χ3n) is 3.89. The molecule has 0 bridgehead atoms. The van der Waals surface area contributed by atoms with Crippen molar-refractivity contribution in [1.82, 2.24) is 9.62 Å². The number of hydrogen-bond acceptors (Lipinski definition) is 4. The lowest BCUT2D eigenvalue weighted by Gasteiger charge is -2.31. The zero-order chi connectivity index (χ0) is 16.3. The lowest BCUT2D eigenvalue weighted by atomic mass is 9.98. The van der Waals surface area contributed by atoms with Crippen LogP contribution >= 0.6 is 23.2 Å². The van der Waals surface area contributed by atoms with E-state index >= 15 is 0 Å². The number of methoxy groups -OCH3 is 1. The van der Waals surface area contributed by atoms with Crippen LogP contribution < -0.4 is 10.1 Å². The van der Waals surface area contributed by atoms with Crippen LogP contribution in [0.1, 0.15) is 12.8 Å². The van der Waals surface area contributed by atoms with Gasteiger partial charge in [-0.3, -0.25) is 0 Å². The van der Waals surface area contributed by atoms with E-state index in [2.05, 4.69) is 5.32 Å². The summed E-state index contributed by atoms with van der Waals surface area (Å²) in [6.07, 6.45) is 1.67. The summed E-state index contributed by atoms with van der Waals surface area (Å²) < 4.78 is 32.0. The van der Waals surface area contributed by atoms with Gasteiger partial charge in [-0.25, -0.2) is 8.42 Å². The van der Waals surface area contributed by atoms with Gasteiger partial charge in [0, 0.05) is 19.2 Å². The molecule has 1 heterocycles. The fourth-order valence-electron chi connectivity index (χ4n) is 2.65. The van der Waals surface area contributed by atoms with Gasteiger partial charge in [-0.05, 0) is 38.4 Å². The number of benzene rings is 1. The Labute approximate surface area is 141 Å². The van der Waals surface area contributed by atoms with Crippen molar-refractivity contribution < 1.29 is 13.2 Å². The molecule has 5 nitrogen and oxygen atoms in total. The zero-order valence-electron chi connectivity index (χ0n) is 12.6. The summed E-state index contributed by atoms with van der Waals surface area (Å²) in [5.74, 6) is 0.865. The Balaban J connectivity index is 2.23. The molecule has 22 heavy (non-hydrogen) atoms. The van der Waals surface area contributed by atoms with Crippen LogP contribution in [0, 0.1) is 5.92 Å². The number of sulfonamides is 1. The Morgan fingerprint density at radius 1 is 1.27 bits per heavy atom. The molecule has 1 aliphatic rings. The average Bonchev–Trinajstić information content (AvgIpc) is 2.50. The monoisotopic (exact) mass is 366 g/mol. The summed E-state index contributed by atoms with van der Waals surface area (Å²) in [4.78, 5) is 0.0343. The van der Waals surface area contributed by atoms with Crippen molar-refractivity contribution in [3.8, 4) is 5.75 Å². The van der Waals surface area contributed by atoms with E-state index in [0.29, 0.717) is 24.8 Å². The third kappa shape index (κ3) is 3.68. The first kappa shape index (κ1) is 17.8. The maximum atomic E-state index is 12.8. The van der Waals surface area contributed by atoms with Gasteiger partial charge in [0.25, 0.3) is 0 Å². The highest BCUT2D eigenvalue weighted by Gasteiger charge is 2.31. The second-order valence-electron chi connectivity index (χ2n) is 5.32. The quantitative estimate of drug-likeness (QED) is 0.869. The van der Waals surface area contributed by atoms with Gasteiger partial charge in [-0.15, -0.1) is 0 Å². The van der Waals surface area contributed by atoms with Crippen LogP contribution in [-0.4, -0.2) is 46.5 Å². The van der Waals surface area contributed by atoms with Crippen molar-refractivity contribution in [3.63, 3.8) is 0 Å². The van der Waals surface area contributed by atoms with E-state index in [1.54, 1.807) is 0 Å². The Kier molecular flexibility index (Phi) is 5.96. The van der Waals surface area contributed by atoms with Crippen molar-refractivity contribution in [2.24, 2.45) is 5.92 Å². The summed E-state index contributed by atoms with van der Waals surface area (Å²) in [5.41, 5.74) is 0. The van der Waals surface area contributed by atoms with Crippen LogP contribution in [0.4, 0.5) is 0 Å². The lowest BCUT2D eigenvalue weighted by Crippen LogP contribution is -2.40. The van der Waals surface area contributed by atoms with E-state index in [1.807, 2.05) is 7.05 Å². The topological polar surface area (TPSA) is 58.6 Å². The molecule has 8 heteroatoms. The molecule has 1 aromatic rings. The van der Waals surface area contributed by atoms with Crippen molar-refractivity contribution in [2.75, 3.05) is 33.8 Å². The molecule has 0 aromatic heterocycles. The normalized spacial score (nSPS) is 17.6. The molecule has 2 rings (SSSR count). The van der Waals surface area contributed by atoms with Gasteiger partial charge in [0.1, 0.15) is 10.6 Å². The second kappa shape index (κ2) is 7.36. The molecule has 1 N–H and O–H groups in total. The maximum Gasteiger partial charge on any atom is 0.244 e. The molecule has 0 aliphatic carbocycles. The first-order valence-corrected chi connectivity index (χ1v) is 9.27. The van der Waals surface area contributed by atoms with Gasteiger partial charge in [-0.2, -0.15) is 4.31 Å². The minimum atomic E-state index is -3.64. The Bertz CT molecular complexity index is 629. The van der Waals surface area contributed by atoms with Crippen LogP contribution in [0.15, 0.2) is 17.0 Å². The molecule has 1 aliphatic heterocycles. The van der Waals surface area contributed by atoms with Crippen LogP contribution in [0.3, 0.4) is 0 Å². The Morgan fingerprint density at radius 2 is 1.91 bits per heavy atom. The maximum absolute atomic E-state index is 12.8. The predicted octanol–water partition coefficient (Wildman–Crippen LogP) is 2.62. The van der Waals surface area contributed by atoms with Gasteiger partial charge < -0.3 is 10.1 Å². The summed E-state index contributed by atoms with van der Waals surface area (Å²) in [5, 5.41) is 3.49. The SMILES string of the molecule is CNCC1CCN(S(=O)(=O)c2cc(Cl)c(OC)cc2Cl)CC1. The summed E-state index contributed by atoms with van der Waals surface area (Å²) in [6, 6.07) is 2.79. The lowest BCUT2D eigenvalue weighted by molar-refractivity contribution is 0.270. The first-order valence-electron chi connectivity index (χ1n) is 7.08. The molecular weight excluding hydrogens is 347 g/mol. The van der Waals surface area contributed by atoms with Crippen LogP contribution in [0.2, 0.25) is 10.0 Å². The van der Waals surface area contributed by atoms with Crippen molar-refractivity contribution in [2.45, 2.75) is 17.7 Å². The Hall–Kier alpha value is -0.530. The Morgan fingerprint density at radius 3 is 2.45 bits per heavy atom. The minimum absolute atomic E-state index is 0.0343. The first-order chi connectivity index (χ1) is 10.4. The summed E-state index contributed by atoms with van der Waals surface area (Å²) in [6.45, 7) is 1.90. The van der Waals surface area contributed by atoms with Gasteiger partial charge in [0.15, 0.2) is 0 Å². The molecular formula is C14H20Cl2N2O3S. The van der Waals surface area contributed by atoms with Gasteiger partial charge >= 0.3 is 0 Å².